The molecule has 0 aromatic heterocycles. The van der Waals surface area contributed by atoms with Gasteiger partial charge in [-0.05, 0) is 29.8 Å². The van der Waals surface area contributed by atoms with E-state index < -0.39 is 26.7 Å². The average molecular weight is 419 g/mol. The van der Waals surface area contributed by atoms with E-state index in [1.165, 1.54) is 12.1 Å². The zero-order valence-electron chi connectivity index (χ0n) is 14.3. The van der Waals surface area contributed by atoms with Crippen LogP contribution in [0.4, 0.5) is 13.2 Å². The van der Waals surface area contributed by atoms with E-state index in [0.717, 1.165) is 22.0 Å². The molecular formula is C18H18ClF3N2O2S. The minimum atomic E-state index is -4.72. The van der Waals surface area contributed by atoms with Crippen molar-refractivity contribution >= 4 is 21.6 Å². The summed E-state index contributed by atoms with van der Waals surface area (Å²) < 4.78 is 66.2. The van der Waals surface area contributed by atoms with Crippen molar-refractivity contribution in [3.63, 3.8) is 0 Å². The molecule has 9 heteroatoms. The van der Waals surface area contributed by atoms with E-state index in [1.54, 1.807) is 12.1 Å². The van der Waals surface area contributed by atoms with Gasteiger partial charge in [-0.2, -0.15) is 17.5 Å². The Morgan fingerprint density at radius 3 is 2.11 bits per heavy atom. The highest BCUT2D eigenvalue weighted by atomic mass is 35.5. The van der Waals surface area contributed by atoms with E-state index in [4.69, 9.17) is 11.6 Å². The van der Waals surface area contributed by atoms with Gasteiger partial charge in [-0.1, -0.05) is 35.9 Å². The fraction of sp³-hybridized carbons (Fsp3) is 0.333. The van der Waals surface area contributed by atoms with Gasteiger partial charge < -0.3 is 0 Å². The van der Waals surface area contributed by atoms with Crippen molar-refractivity contribution in [2.45, 2.75) is 17.6 Å². The third-order valence-electron chi connectivity index (χ3n) is 4.46. The molecule has 0 atom stereocenters. The molecule has 4 nitrogen and oxygen atoms in total. The first-order chi connectivity index (χ1) is 12.7. The van der Waals surface area contributed by atoms with Crippen molar-refractivity contribution in [3.8, 4) is 0 Å². The van der Waals surface area contributed by atoms with E-state index in [0.29, 0.717) is 24.7 Å². The quantitative estimate of drug-likeness (QED) is 0.757. The smallest absolute Gasteiger partial charge is 0.296 e. The zero-order valence-corrected chi connectivity index (χ0v) is 15.9. The predicted octanol–water partition coefficient (Wildman–Crippen LogP) is 3.87. The molecule has 0 N–H and O–H groups in total. The maximum Gasteiger partial charge on any atom is 0.417 e. The van der Waals surface area contributed by atoms with Crippen LogP contribution in [-0.4, -0.2) is 43.8 Å². The summed E-state index contributed by atoms with van der Waals surface area (Å²) in [6, 6.07) is 11.7. The Hall–Kier alpha value is -1.61. The second-order valence-corrected chi connectivity index (χ2v) is 8.64. The molecule has 0 amide bonds. The molecule has 146 valence electrons. The van der Waals surface area contributed by atoms with Crippen molar-refractivity contribution in [2.75, 3.05) is 26.2 Å². The van der Waals surface area contributed by atoms with E-state index in [-0.39, 0.29) is 13.1 Å². The Kier molecular flexibility index (Phi) is 5.81. The summed E-state index contributed by atoms with van der Waals surface area (Å²) in [4.78, 5) is 1.37. The van der Waals surface area contributed by atoms with E-state index in [1.807, 2.05) is 12.1 Å². The topological polar surface area (TPSA) is 40.6 Å². The van der Waals surface area contributed by atoms with Crippen LogP contribution >= 0.6 is 11.6 Å². The first kappa shape index (κ1) is 20.1. The second kappa shape index (κ2) is 7.79. The zero-order chi connectivity index (χ0) is 19.7. The molecule has 2 aromatic carbocycles. The minimum absolute atomic E-state index is 0.141. The summed E-state index contributed by atoms with van der Waals surface area (Å²) in [6.45, 7) is 1.79. The summed E-state index contributed by atoms with van der Waals surface area (Å²) in [5, 5.41) is 0.637. The van der Waals surface area contributed by atoms with Gasteiger partial charge in [0.2, 0.25) is 10.0 Å². The van der Waals surface area contributed by atoms with E-state index >= 15 is 0 Å². The Morgan fingerprint density at radius 1 is 0.926 bits per heavy atom. The number of nitrogens with zero attached hydrogens (tertiary/aromatic N) is 2. The van der Waals surface area contributed by atoms with Gasteiger partial charge in [-0.3, -0.25) is 4.90 Å². The maximum absolute atomic E-state index is 13.2. The predicted molar refractivity (Wildman–Crippen MR) is 96.9 cm³/mol. The van der Waals surface area contributed by atoms with Gasteiger partial charge in [0, 0.05) is 37.7 Å². The molecule has 0 spiro atoms. The van der Waals surface area contributed by atoms with Crippen molar-refractivity contribution < 1.29 is 21.6 Å². The van der Waals surface area contributed by atoms with Crippen LogP contribution in [0.5, 0.6) is 0 Å². The standard InChI is InChI=1S/C18H18ClF3N2O2S/c19-15-7-5-14(6-8-15)13-23-9-11-24(12-10-23)27(25,26)17-4-2-1-3-16(17)18(20,21)22/h1-8H,9-13H2. The number of sulfonamides is 1. The lowest BCUT2D eigenvalue weighted by atomic mass is 10.2. The lowest BCUT2D eigenvalue weighted by Gasteiger charge is -2.34. The Labute approximate surface area is 161 Å². The molecule has 3 rings (SSSR count). The number of rotatable bonds is 4. The van der Waals surface area contributed by atoms with Gasteiger partial charge in [0.25, 0.3) is 0 Å². The highest BCUT2D eigenvalue weighted by Gasteiger charge is 2.39. The van der Waals surface area contributed by atoms with Gasteiger partial charge in [-0.25, -0.2) is 8.42 Å². The summed E-state index contributed by atoms with van der Waals surface area (Å²) in [5.41, 5.74) is -0.0910. The molecule has 1 fully saturated rings. The van der Waals surface area contributed by atoms with E-state index in [2.05, 4.69) is 4.90 Å². The summed E-state index contributed by atoms with van der Waals surface area (Å²) in [6.07, 6.45) is -4.72. The summed E-state index contributed by atoms with van der Waals surface area (Å²) >= 11 is 5.86. The normalized spacial score (nSPS) is 17.2. The largest absolute Gasteiger partial charge is 0.417 e. The lowest BCUT2D eigenvalue weighted by Crippen LogP contribution is -2.48. The van der Waals surface area contributed by atoms with E-state index in [9.17, 15) is 21.6 Å². The van der Waals surface area contributed by atoms with Crippen molar-refractivity contribution in [3.05, 3.63) is 64.7 Å². The molecule has 27 heavy (non-hydrogen) atoms. The van der Waals surface area contributed by atoms with Crippen LogP contribution in [0.2, 0.25) is 5.02 Å². The number of benzene rings is 2. The van der Waals surface area contributed by atoms with Crippen LogP contribution in [-0.2, 0) is 22.7 Å². The first-order valence-electron chi connectivity index (χ1n) is 8.31. The molecule has 0 aliphatic carbocycles. The number of piperazine rings is 1. The monoisotopic (exact) mass is 418 g/mol. The Morgan fingerprint density at radius 2 is 1.52 bits per heavy atom. The molecule has 0 saturated carbocycles. The molecule has 2 aromatic rings. The summed E-state index contributed by atoms with van der Waals surface area (Å²) in [5.74, 6) is 0. The fourth-order valence-electron chi connectivity index (χ4n) is 3.04. The Bertz CT molecular complexity index is 894. The molecule has 0 radical (unpaired) electrons. The fourth-order valence-corrected chi connectivity index (χ4v) is 4.80. The summed E-state index contributed by atoms with van der Waals surface area (Å²) in [7, 11) is -4.21. The van der Waals surface area contributed by atoms with Crippen LogP contribution in [0, 0.1) is 0 Å². The number of hydrogen-bond acceptors (Lipinski definition) is 3. The highest BCUT2D eigenvalue weighted by molar-refractivity contribution is 7.89. The molecule has 0 unspecified atom stereocenters. The molecule has 0 bridgehead atoms. The van der Waals surface area contributed by atoms with Gasteiger partial charge in [0.05, 0.1) is 10.5 Å². The van der Waals surface area contributed by atoms with Crippen molar-refractivity contribution in [2.24, 2.45) is 0 Å². The van der Waals surface area contributed by atoms with Gasteiger partial charge in [0.15, 0.2) is 0 Å². The molecule has 1 heterocycles. The van der Waals surface area contributed by atoms with Crippen LogP contribution in [0.15, 0.2) is 53.4 Å². The van der Waals surface area contributed by atoms with Gasteiger partial charge in [-0.15, -0.1) is 0 Å². The van der Waals surface area contributed by atoms with Crippen molar-refractivity contribution in [1.82, 2.24) is 9.21 Å². The molecular weight excluding hydrogens is 401 g/mol. The third kappa shape index (κ3) is 4.63. The SMILES string of the molecule is O=S(=O)(c1ccccc1C(F)(F)F)N1CCN(Cc2ccc(Cl)cc2)CC1. The average Bonchev–Trinajstić information content (AvgIpc) is 2.63. The first-order valence-corrected chi connectivity index (χ1v) is 10.1. The maximum atomic E-state index is 13.2. The molecule has 1 aliphatic rings. The Balaban J connectivity index is 1.71. The lowest BCUT2D eigenvalue weighted by molar-refractivity contribution is -0.139. The third-order valence-corrected chi connectivity index (χ3v) is 6.67. The van der Waals surface area contributed by atoms with Crippen molar-refractivity contribution in [1.29, 1.82) is 0 Å². The molecule has 1 aliphatic heterocycles. The van der Waals surface area contributed by atoms with Gasteiger partial charge in [0.1, 0.15) is 0 Å². The van der Waals surface area contributed by atoms with Crippen LogP contribution < -0.4 is 0 Å². The number of alkyl halides is 3. The minimum Gasteiger partial charge on any atom is -0.296 e. The highest BCUT2D eigenvalue weighted by Crippen LogP contribution is 2.35. The second-order valence-electron chi connectivity index (χ2n) is 6.30. The molecule has 1 saturated heterocycles. The number of halogens is 4. The van der Waals surface area contributed by atoms with Crippen LogP contribution in [0.3, 0.4) is 0 Å². The van der Waals surface area contributed by atoms with Gasteiger partial charge >= 0.3 is 6.18 Å². The van der Waals surface area contributed by atoms with Crippen LogP contribution in [0.25, 0.3) is 0 Å². The number of hydrogen-bond donors (Lipinski definition) is 0. The van der Waals surface area contributed by atoms with Crippen LogP contribution in [0.1, 0.15) is 11.1 Å².